The van der Waals surface area contributed by atoms with Crippen LogP contribution in [-0.2, 0) is 21.8 Å². The number of phosphoric ester groups is 1. The van der Waals surface area contributed by atoms with E-state index in [1.165, 1.54) is 0 Å². The zero-order valence-corrected chi connectivity index (χ0v) is 22.0. The molecule has 6 heteroatoms. The number of phosphoric acid groups is 1. The van der Waals surface area contributed by atoms with Gasteiger partial charge in [0.15, 0.2) is 0 Å². The minimum atomic E-state index is -4.60. The molecule has 1 heterocycles. The summed E-state index contributed by atoms with van der Waals surface area (Å²) in [6.07, 6.45) is 0.556. The van der Waals surface area contributed by atoms with Gasteiger partial charge in [-0.15, -0.1) is 0 Å². The summed E-state index contributed by atoms with van der Waals surface area (Å²) in [4.78, 5) is 12.9. The van der Waals surface area contributed by atoms with Gasteiger partial charge in [0.25, 0.3) is 0 Å². The molecule has 4 nitrogen and oxygen atoms in total. The molecular weight excluding hydrogens is 394 g/mol. The Morgan fingerprint density at radius 3 is 1.45 bits per heavy atom. The van der Waals surface area contributed by atoms with Crippen LogP contribution in [0.2, 0.25) is 0 Å². The molecule has 0 radical (unpaired) electrons. The second kappa shape index (κ2) is 8.05. The van der Waals surface area contributed by atoms with Gasteiger partial charge in [0, 0.05) is 17.5 Å². The topological polar surface area (TPSA) is 58.6 Å². The number of hydrogen-bond acceptors (Lipinski definition) is 4. The van der Waals surface area contributed by atoms with Gasteiger partial charge in [-0.1, -0.05) is 76.9 Å². The van der Waals surface area contributed by atoms with Gasteiger partial charge < -0.3 is 13.9 Å². The summed E-state index contributed by atoms with van der Waals surface area (Å²) in [7, 11) is -4.60. The van der Waals surface area contributed by atoms with Crippen molar-refractivity contribution < 1.29 is 48.1 Å². The second-order valence-corrected chi connectivity index (χ2v) is 11.2. The van der Waals surface area contributed by atoms with E-state index in [0.717, 1.165) is 33.4 Å². The molecule has 0 saturated heterocycles. The third kappa shape index (κ3) is 5.29. The predicted molar refractivity (Wildman–Crippen MR) is 111 cm³/mol. The molecule has 0 aliphatic carbocycles. The maximum Gasteiger partial charge on any atom is 1.00 e. The molecule has 2 aromatic carbocycles. The Morgan fingerprint density at radius 2 is 1.14 bits per heavy atom. The molecule has 2 aromatic rings. The summed E-state index contributed by atoms with van der Waals surface area (Å²) in [6.45, 7) is 16.4. The number of benzene rings is 2. The molecule has 1 aliphatic rings. The van der Waals surface area contributed by atoms with Gasteiger partial charge in [-0.25, -0.2) is 4.57 Å². The van der Waals surface area contributed by atoms with Crippen molar-refractivity contribution in [3.8, 4) is 11.5 Å². The molecule has 0 unspecified atom stereocenters. The molecule has 1 aliphatic heterocycles. The van der Waals surface area contributed by atoms with Gasteiger partial charge in [0.2, 0.25) is 0 Å². The minimum absolute atomic E-state index is 0. The van der Waals surface area contributed by atoms with Crippen LogP contribution in [0.25, 0.3) is 0 Å². The van der Waals surface area contributed by atoms with Gasteiger partial charge in [0.1, 0.15) is 11.5 Å². The van der Waals surface area contributed by atoms with E-state index in [1.54, 1.807) is 0 Å². The Labute approximate surface area is 196 Å². The average Bonchev–Trinajstić information content (AvgIpc) is 2.48. The quantitative estimate of drug-likeness (QED) is 0.482. The summed E-state index contributed by atoms with van der Waals surface area (Å²) in [5.74, 6) is 0.807. The number of hydrogen-bond donors (Lipinski definition) is 0. The summed E-state index contributed by atoms with van der Waals surface area (Å²) in [6, 6.07) is 8.02. The fraction of sp³-hybridized carbons (Fsp3) is 0.478. The van der Waals surface area contributed by atoms with E-state index in [0.29, 0.717) is 17.9 Å². The third-order valence-electron chi connectivity index (χ3n) is 5.02. The van der Waals surface area contributed by atoms with Crippen molar-refractivity contribution in [1.29, 1.82) is 0 Å². The maximum absolute atomic E-state index is 12.9. The molecule has 0 fully saturated rings. The zero-order valence-electron chi connectivity index (χ0n) is 19.1. The fourth-order valence-electron chi connectivity index (χ4n) is 3.74. The Bertz CT molecular complexity index is 908. The molecule has 3 rings (SSSR count). The summed E-state index contributed by atoms with van der Waals surface area (Å²) >= 11 is 0. The van der Waals surface area contributed by atoms with Crippen molar-refractivity contribution in [1.82, 2.24) is 0 Å². The Kier molecular flexibility index (Phi) is 6.80. The van der Waals surface area contributed by atoms with Gasteiger partial charge in [-0.2, -0.15) is 0 Å². The summed E-state index contributed by atoms with van der Waals surface area (Å²) in [5, 5.41) is 0. The molecular formula is C23H30NaO4P. The monoisotopic (exact) mass is 424 g/mol. The van der Waals surface area contributed by atoms with Crippen LogP contribution in [0.1, 0.15) is 74.9 Å². The second-order valence-electron chi connectivity index (χ2n) is 9.91. The van der Waals surface area contributed by atoms with E-state index in [-0.39, 0.29) is 40.4 Å². The first-order valence-electron chi connectivity index (χ1n) is 9.66. The number of fused-ring (bicyclic) bond motifs is 2. The minimum Gasteiger partial charge on any atom is -0.736 e. The first kappa shape index (κ1) is 24.5. The Morgan fingerprint density at radius 1 is 0.793 bits per heavy atom. The Balaban J connectivity index is 0.00000300. The van der Waals surface area contributed by atoms with Crippen molar-refractivity contribution in [3.63, 3.8) is 0 Å². The van der Waals surface area contributed by atoms with Gasteiger partial charge in [-0.05, 0) is 35.8 Å². The molecule has 0 saturated carbocycles. The SMILES string of the molecule is Cc1cc2c(c(C(C)(C)C)c1)OP(=O)([O-])Oc1c(cc(C)cc1C(C)(C)C)C2.[Na+]. The predicted octanol–water partition coefficient (Wildman–Crippen LogP) is 2.73. The fourth-order valence-corrected chi connectivity index (χ4v) is 4.65. The van der Waals surface area contributed by atoms with Crippen molar-refractivity contribution in [2.24, 2.45) is 0 Å². The zero-order chi connectivity index (χ0) is 21.1. The number of rotatable bonds is 0. The van der Waals surface area contributed by atoms with E-state index < -0.39 is 7.82 Å². The van der Waals surface area contributed by atoms with Crippen molar-refractivity contribution in [2.75, 3.05) is 0 Å². The molecule has 0 N–H and O–H groups in total. The molecule has 0 bridgehead atoms. The van der Waals surface area contributed by atoms with Gasteiger partial charge in [-0.3, -0.25) is 0 Å². The van der Waals surface area contributed by atoms with Crippen LogP contribution < -0.4 is 43.5 Å². The van der Waals surface area contributed by atoms with E-state index >= 15 is 0 Å². The summed E-state index contributed by atoms with van der Waals surface area (Å²) in [5.41, 5.74) is 5.12. The standard InChI is InChI=1S/C23H31O4P.Na/c1-14-9-16-13-17-10-15(2)12-19(23(6,7)8)21(17)27-28(24,25)26-20(16)18(11-14)22(3,4)5;/h9-12H,13H2,1-8H3,(H,24,25);/q;+1/p-1. The molecule has 0 amide bonds. The van der Waals surface area contributed by atoms with Crippen LogP contribution in [0, 0.1) is 13.8 Å². The van der Waals surface area contributed by atoms with Crippen molar-refractivity contribution >= 4 is 7.82 Å². The van der Waals surface area contributed by atoms with Crippen LogP contribution in [0.15, 0.2) is 24.3 Å². The van der Waals surface area contributed by atoms with E-state index in [1.807, 2.05) is 38.1 Å². The normalized spacial score (nSPS) is 15.6. The first-order valence-corrected chi connectivity index (χ1v) is 11.1. The number of aryl methyl sites for hydroxylation is 2. The molecule has 0 spiro atoms. The summed E-state index contributed by atoms with van der Waals surface area (Å²) < 4.78 is 24.0. The van der Waals surface area contributed by atoms with E-state index in [4.69, 9.17) is 9.05 Å². The third-order valence-corrected chi connectivity index (χ3v) is 5.84. The van der Waals surface area contributed by atoms with Crippen LogP contribution in [0.5, 0.6) is 11.5 Å². The largest absolute Gasteiger partial charge is 1.00 e. The molecule has 0 aromatic heterocycles. The first-order chi connectivity index (χ1) is 12.7. The smallest absolute Gasteiger partial charge is 0.736 e. The molecule has 0 atom stereocenters. The maximum atomic E-state index is 12.9. The van der Waals surface area contributed by atoms with Crippen LogP contribution >= 0.6 is 7.82 Å². The van der Waals surface area contributed by atoms with Gasteiger partial charge >= 0.3 is 37.4 Å². The van der Waals surface area contributed by atoms with Crippen molar-refractivity contribution in [2.45, 2.75) is 72.6 Å². The van der Waals surface area contributed by atoms with Crippen LogP contribution in [0.4, 0.5) is 0 Å². The van der Waals surface area contributed by atoms with Crippen LogP contribution in [-0.4, -0.2) is 0 Å². The van der Waals surface area contributed by atoms with Crippen LogP contribution in [0.3, 0.4) is 0 Å². The van der Waals surface area contributed by atoms with E-state index in [2.05, 4.69) is 41.5 Å². The molecule has 152 valence electrons. The van der Waals surface area contributed by atoms with Gasteiger partial charge in [0.05, 0.1) is 0 Å². The van der Waals surface area contributed by atoms with E-state index in [9.17, 15) is 9.46 Å². The average molecular weight is 424 g/mol. The van der Waals surface area contributed by atoms with Crippen molar-refractivity contribution in [3.05, 3.63) is 57.6 Å². The Hall–Kier alpha value is -0.770. The molecule has 29 heavy (non-hydrogen) atoms.